The molecule has 0 aliphatic carbocycles. The van der Waals surface area contributed by atoms with Crippen LogP contribution in [-0.4, -0.2) is 9.38 Å². The molecule has 0 unspecified atom stereocenters. The number of rotatable bonds is 0. The molecular weight excluding hydrogens is 112 g/mol. The average Bonchev–Trinajstić information content (AvgIpc) is 2.36. The molecule has 9 heavy (non-hydrogen) atoms. The van der Waals surface area contributed by atoms with E-state index in [0.717, 1.165) is 5.52 Å². The molecule has 0 fully saturated rings. The molecule has 0 radical (unpaired) electrons. The summed E-state index contributed by atoms with van der Waals surface area (Å²) < 4.78 is 9.15. The molecule has 2 nitrogen and oxygen atoms in total. The molecule has 0 aromatic carbocycles. The van der Waals surface area contributed by atoms with Crippen molar-refractivity contribution in [1.29, 1.82) is 0 Å². The summed E-state index contributed by atoms with van der Waals surface area (Å²) in [4.78, 5) is 3.88. The Balaban J connectivity index is 2.95. The van der Waals surface area contributed by atoms with E-state index < -0.39 is 0 Å². The van der Waals surface area contributed by atoms with Crippen molar-refractivity contribution in [1.82, 2.24) is 9.38 Å². The topological polar surface area (TPSA) is 17.3 Å². The van der Waals surface area contributed by atoms with Crippen molar-refractivity contribution in [2.24, 2.45) is 0 Å². The summed E-state index contributed by atoms with van der Waals surface area (Å²) in [7, 11) is 0. The first kappa shape index (κ1) is 3.67. The zero-order chi connectivity index (χ0) is 6.97. The van der Waals surface area contributed by atoms with E-state index in [1.54, 1.807) is 10.6 Å². The normalized spacial score (nSPS) is 11.8. The SMILES string of the molecule is [2H]c1cncc2cccn12. The lowest BCUT2D eigenvalue weighted by molar-refractivity contribution is 1.14. The lowest BCUT2D eigenvalue weighted by Gasteiger charge is -1.87. The molecular formula is C7H6N2. The smallest absolute Gasteiger partial charge is 0.0839 e. The zero-order valence-corrected chi connectivity index (χ0v) is 4.78. The summed E-state index contributed by atoms with van der Waals surface area (Å²) >= 11 is 0. The highest BCUT2D eigenvalue weighted by molar-refractivity contribution is 5.44. The molecule has 0 N–H and O–H groups in total. The molecule has 0 saturated carbocycles. The van der Waals surface area contributed by atoms with Crippen molar-refractivity contribution in [2.45, 2.75) is 0 Å². The Morgan fingerprint density at radius 2 is 2.67 bits per heavy atom. The fourth-order valence-corrected chi connectivity index (χ4v) is 0.826. The summed E-state index contributed by atoms with van der Waals surface area (Å²) in [6.07, 6.45) is 5.52. The molecule has 2 aromatic rings. The maximum atomic E-state index is 7.38. The lowest BCUT2D eigenvalue weighted by atomic mass is 10.5. The lowest BCUT2D eigenvalue weighted by Crippen LogP contribution is -1.79. The van der Waals surface area contributed by atoms with Crippen LogP contribution in [0.2, 0.25) is 0 Å². The zero-order valence-electron chi connectivity index (χ0n) is 5.78. The number of hydrogen-bond acceptors (Lipinski definition) is 1. The molecule has 0 aliphatic heterocycles. The third kappa shape index (κ3) is 0.598. The molecule has 2 rings (SSSR count). The van der Waals surface area contributed by atoms with Crippen LogP contribution in [0.5, 0.6) is 0 Å². The Kier molecular flexibility index (Phi) is 0.646. The van der Waals surface area contributed by atoms with Crippen LogP contribution in [0, 0.1) is 0 Å². The summed E-state index contributed by atoms with van der Waals surface area (Å²) in [5.41, 5.74) is 0.965. The molecule has 0 atom stereocenters. The first-order chi connectivity index (χ1) is 4.88. The largest absolute Gasteiger partial charge is 0.321 e. The van der Waals surface area contributed by atoms with Crippen LogP contribution in [0.15, 0.2) is 36.9 Å². The highest BCUT2D eigenvalue weighted by Crippen LogP contribution is 1.98. The van der Waals surface area contributed by atoms with Crippen LogP contribution in [0.3, 0.4) is 0 Å². The summed E-state index contributed by atoms with van der Waals surface area (Å²) in [5.74, 6) is 0. The summed E-state index contributed by atoms with van der Waals surface area (Å²) in [6.45, 7) is 0. The van der Waals surface area contributed by atoms with Gasteiger partial charge in [0.1, 0.15) is 0 Å². The van der Waals surface area contributed by atoms with E-state index in [2.05, 4.69) is 4.98 Å². The first-order valence-electron chi connectivity index (χ1n) is 3.25. The highest BCUT2D eigenvalue weighted by atomic mass is 14.9. The quantitative estimate of drug-likeness (QED) is 0.511. The van der Waals surface area contributed by atoms with E-state index in [4.69, 9.17) is 1.37 Å². The molecule has 2 heteroatoms. The third-order valence-corrected chi connectivity index (χ3v) is 1.26. The van der Waals surface area contributed by atoms with E-state index in [0.29, 0.717) is 6.17 Å². The van der Waals surface area contributed by atoms with Crippen molar-refractivity contribution in [2.75, 3.05) is 0 Å². The van der Waals surface area contributed by atoms with Gasteiger partial charge in [0.05, 0.1) is 13.1 Å². The predicted molar refractivity (Wildman–Crippen MR) is 35.2 cm³/mol. The maximum Gasteiger partial charge on any atom is 0.0839 e. The van der Waals surface area contributed by atoms with Gasteiger partial charge in [-0.1, -0.05) is 0 Å². The van der Waals surface area contributed by atoms with E-state index in [9.17, 15) is 0 Å². The predicted octanol–water partition coefficient (Wildman–Crippen LogP) is 1.33. The first-order valence-corrected chi connectivity index (χ1v) is 2.75. The minimum Gasteiger partial charge on any atom is -0.321 e. The Bertz CT molecular complexity index is 353. The Hall–Kier alpha value is -1.31. The second-order valence-corrected chi connectivity index (χ2v) is 1.84. The van der Waals surface area contributed by atoms with Gasteiger partial charge in [0.25, 0.3) is 0 Å². The molecule has 44 valence electrons. The maximum absolute atomic E-state index is 7.38. The van der Waals surface area contributed by atoms with Gasteiger partial charge >= 0.3 is 0 Å². The van der Waals surface area contributed by atoms with Crippen LogP contribution < -0.4 is 0 Å². The minimum atomic E-state index is 0.419. The van der Waals surface area contributed by atoms with Gasteiger partial charge in [-0.15, -0.1) is 0 Å². The summed E-state index contributed by atoms with van der Waals surface area (Å²) in [5, 5.41) is 0. The second-order valence-electron chi connectivity index (χ2n) is 1.84. The van der Waals surface area contributed by atoms with E-state index in [1.165, 1.54) is 6.20 Å². The molecule has 0 bridgehead atoms. The number of hydrogen-bond donors (Lipinski definition) is 0. The van der Waals surface area contributed by atoms with Crippen LogP contribution in [0.4, 0.5) is 0 Å². The van der Waals surface area contributed by atoms with Crippen molar-refractivity contribution in [3.63, 3.8) is 0 Å². The highest BCUT2D eigenvalue weighted by Gasteiger charge is 1.84. The molecule has 2 heterocycles. The third-order valence-electron chi connectivity index (χ3n) is 1.26. The van der Waals surface area contributed by atoms with Gasteiger partial charge in [0.15, 0.2) is 0 Å². The van der Waals surface area contributed by atoms with Gasteiger partial charge in [-0.25, -0.2) is 0 Å². The van der Waals surface area contributed by atoms with E-state index >= 15 is 0 Å². The Morgan fingerprint density at radius 3 is 3.56 bits per heavy atom. The number of nitrogens with zero attached hydrogens (tertiary/aromatic N) is 2. The standard InChI is InChI=1S/C7H6N2/c1-2-7-6-8-3-5-9(7)4-1/h1-6H/i5D. The fraction of sp³-hybridized carbons (Fsp3) is 0. The van der Waals surface area contributed by atoms with Crippen LogP contribution >= 0.6 is 0 Å². The summed E-state index contributed by atoms with van der Waals surface area (Å²) in [6, 6.07) is 3.82. The number of fused-ring (bicyclic) bond motifs is 1. The van der Waals surface area contributed by atoms with Crippen molar-refractivity contribution in [3.05, 3.63) is 36.9 Å². The average molecular weight is 119 g/mol. The van der Waals surface area contributed by atoms with Crippen LogP contribution in [-0.2, 0) is 0 Å². The molecule has 2 aromatic heterocycles. The fourth-order valence-electron chi connectivity index (χ4n) is 0.826. The molecule has 0 saturated heterocycles. The molecule has 0 spiro atoms. The van der Waals surface area contributed by atoms with E-state index in [1.807, 2.05) is 18.3 Å². The molecule has 0 aliphatic rings. The van der Waals surface area contributed by atoms with Gasteiger partial charge in [0.2, 0.25) is 0 Å². The Labute approximate surface area is 54.2 Å². The van der Waals surface area contributed by atoms with Gasteiger partial charge in [-0.2, -0.15) is 0 Å². The molecule has 0 amide bonds. The van der Waals surface area contributed by atoms with Crippen molar-refractivity contribution >= 4 is 5.52 Å². The van der Waals surface area contributed by atoms with Gasteiger partial charge in [-0.05, 0) is 12.1 Å². The van der Waals surface area contributed by atoms with Gasteiger partial charge in [-0.3, -0.25) is 4.98 Å². The van der Waals surface area contributed by atoms with E-state index in [-0.39, 0.29) is 0 Å². The minimum absolute atomic E-state index is 0.419. The second kappa shape index (κ2) is 1.58. The Morgan fingerprint density at radius 1 is 1.67 bits per heavy atom. The monoisotopic (exact) mass is 119 g/mol. The van der Waals surface area contributed by atoms with Gasteiger partial charge < -0.3 is 4.40 Å². The number of aromatic nitrogens is 2. The van der Waals surface area contributed by atoms with Gasteiger partial charge in [0, 0.05) is 18.6 Å². The van der Waals surface area contributed by atoms with Crippen molar-refractivity contribution < 1.29 is 1.37 Å². The van der Waals surface area contributed by atoms with Crippen LogP contribution in [0.25, 0.3) is 5.52 Å². The van der Waals surface area contributed by atoms with Crippen molar-refractivity contribution in [3.8, 4) is 0 Å². The van der Waals surface area contributed by atoms with Crippen LogP contribution in [0.1, 0.15) is 1.37 Å².